The number of rotatable bonds is 2. The molecule has 0 radical (unpaired) electrons. The molecule has 0 aliphatic carbocycles. The van der Waals surface area contributed by atoms with Crippen LogP contribution in [-0.2, 0) is 9.78 Å². The molecule has 0 N–H and O–H groups in total. The molecule has 1 aromatic carbocycles. The summed E-state index contributed by atoms with van der Waals surface area (Å²) in [6, 6.07) is 4.90. The Kier molecular flexibility index (Phi) is 3.29. The molecular weight excluding hydrogens is 287 g/mol. The van der Waals surface area contributed by atoms with E-state index in [4.69, 9.17) is 14.5 Å². The summed E-state index contributed by atoms with van der Waals surface area (Å²) in [6.07, 6.45) is -4.36. The van der Waals surface area contributed by atoms with Gasteiger partial charge >= 0.3 is 6.18 Å². The Labute approximate surface area is 120 Å². The number of anilines is 1. The highest BCUT2D eigenvalue weighted by Crippen LogP contribution is 2.50. The van der Waals surface area contributed by atoms with Crippen LogP contribution < -0.4 is 9.64 Å². The molecule has 2 fully saturated rings. The van der Waals surface area contributed by atoms with Crippen molar-refractivity contribution in [2.24, 2.45) is 5.92 Å². The summed E-state index contributed by atoms with van der Waals surface area (Å²) in [5, 5.41) is 0. The standard InChI is InChI=1S/C14H16F3NO3/c1-13-9(8-20-21-13)7-12(14(15,16)17)18(13)10-3-5-11(19-2)6-4-10/h3-6,9,12H,7-8H2,1-2H3/t9-,12?,13+/m0/s1. The Bertz CT molecular complexity index is 519. The molecule has 116 valence electrons. The fourth-order valence-electron chi connectivity index (χ4n) is 3.13. The lowest BCUT2D eigenvalue weighted by Crippen LogP contribution is -2.52. The number of methoxy groups -OCH3 is 1. The van der Waals surface area contributed by atoms with Crippen molar-refractivity contribution in [2.75, 3.05) is 18.6 Å². The summed E-state index contributed by atoms with van der Waals surface area (Å²) < 4.78 is 45.1. The van der Waals surface area contributed by atoms with Crippen LogP contribution in [0.25, 0.3) is 0 Å². The van der Waals surface area contributed by atoms with E-state index < -0.39 is 17.9 Å². The molecule has 4 nitrogen and oxygen atoms in total. The van der Waals surface area contributed by atoms with Crippen LogP contribution in [0.1, 0.15) is 13.3 Å². The van der Waals surface area contributed by atoms with Crippen LogP contribution >= 0.6 is 0 Å². The van der Waals surface area contributed by atoms with E-state index in [2.05, 4.69) is 0 Å². The summed E-state index contributed by atoms with van der Waals surface area (Å²) in [4.78, 5) is 11.4. The molecule has 21 heavy (non-hydrogen) atoms. The molecule has 1 aromatic rings. The minimum atomic E-state index is -4.32. The Balaban J connectivity index is 2.01. The molecule has 0 bridgehead atoms. The van der Waals surface area contributed by atoms with Crippen molar-refractivity contribution < 1.29 is 27.7 Å². The smallest absolute Gasteiger partial charge is 0.408 e. The van der Waals surface area contributed by atoms with Crippen LogP contribution in [0.5, 0.6) is 5.75 Å². The van der Waals surface area contributed by atoms with Crippen molar-refractivity contribution in [1.82, 2.24) is 0 Å². The molecule has 2 heterocycles. The second-order valence-electron chi connectivity index (χ2n) is 5.48. The maximum atomic E-state index is 13.4. The van der Waals surface area contributed by atoms with Crippen molar-refractivity contribution in [1.29, 1.82) is 0 Å². The number of ether oxygens (including phenoxy) is 1. The summed E-state index contributed by atoms with van der Waals surface area (Å²) in [6.45, 7) is 1.82. The zero-order valence-corrected chi connectivity index (χ0v) is 11.7. The van der Waals surface area contributed by atoms with Crippen LogP contribution in [0.15, 0.2) is 24.3 Å². The summed E-state index contributed by atoms with van der Waals surface area (Å²) in [5.41, 5.74) is -0.664. The highest BCUT2D eigenvalue weighted by molar-refractivity contribution is 5.54. The molecule has 3 rings (SSSR count). The molecule has 3 atom stereocenters. The van der Waals surface area contributed by atoms with Gasteiger partial charge in [-0.05, 0) is 37.6 Å². The molecule has 2 saturated heterocycles. The molecule has 7 heteroatoms. The minimum absolute atomic E-state index is 0.0357. The van der Waals surface area contributed by atoms with Gasteiger partial charge < -0.3 is 9.64 Å². The van der Waals surface area contributed by atoms with Gasteiger partial charge in [-0.1, -0.05) is 0 Å². The third-order valence-corrected chi connectivity index (χ3v) is 4.28. The molecule has 0 spiro atoms. The van der Waals surface area contributed by atoms with Gasteiger partial charge in [0.15, 0.2) is 5.72 Å². The van der Waals surface area contributed by atoms with E-state index >= 15 is 0 Å². The van der Waals surface area contributed by atoms with Gasteiger partial charge in [0.25, 0.3) is 0 Å². The van der Waals surface area contributed by atoms with Crippen LogP contribution in [0.4, 0.5) is 18.9 Å². The third kappa shape index (κ3) is 2.24. The molecule has 2 aliphatic heterocycles. The van der Waals surface area contributed by atoms with Gasteiger partial charge in [-0.2, -0.15) is 13.2 Å². The first-order chi connectivity index (χ1) is 9.86. The quantitative estimate of drug-likeness (QED) is 0.786. The van der Waals surface area contributed by atoms with Crippen LogP contribution in [-0.4, -0.2) is 31.7 Å². The zero-order valence-electron chi connectivity index (χ0n) is 11.7. The molecule has 0 saturated carbocycles. The Morgan fingerprint density at radius 3 is 2.52 bits per heavy atom. The predicted octanol–water partition coefficient (Wildman–Crippen LogP) is 3.13. The zero-order chi connectivity index (χ0) is 15.3. The maximum Gasteiger partial charge on any atom is 0.408 e. The number of hydrogen-bond acceptors (Lipinski definition) is 4. The normalized spacial score (nSPS) is 32.3. The largest absolute Gasteiger partial charge is 0.497 e. The molecule has 0 aromatic heterocycles. The average molecular weight is 303 g/mol. The van der Waals surface area contributed by atoms with Crippen molar-refractivity contribution in [3.63, 3.8) is 0 Å². The minimum Gasteiger partial charge on any atom is -0.497 e. The van der Waals surface area contributed by atoms with Gasteiger partial charge in [0.2, 0.25) is 0 Å². The number of halogens is 3. The van der Waals surface area contributed by atoms with Gasteiger partial charge in [-0.15, -0.1) is 0 Å². The van der Waals surface area contributed by atoms with Gasteiger partial charge in [0, 0.05) is 11.6 Å². The van der Waals surface area contributed by atoms with Crippen molar-refractivity contribution in [3.8, 4) is 5.75 Å². The van der Waals surface area contributed by atoms with Crippen molar-refractivity contribution in [2.45, 2.75) is 31.3 Å². The number of hydrogen-bond donors (Lipinski definition) is 0. The second kappa shape index (κ2) is 4.78. The van der Waals surface area contributed by atoms with Gasteiger partial charge in [0.1, 0.15) is 11.8 Å². The highest BCUT2D eigenvalue weighted by atomic mass is 19.4. The van der Waals surface area contributed by atoms with E-state index in [1.807, 2.05) is 0 Å². The van der Waals surface area contributed by atoms with E-state index in [1.54, 1.807) is 31.2 Å². The predicted molar refractivity (Wildman–Crippen MR) is 68.9 cm³/mol. The summed E-state index contributed by atoms with van der Waals surface area (Å²) in [7, 11) is 1.51. The average Bonchev–Trinajstić information content (AvgIpc) is 2.92. The van der Waals surface area contributed by atoms with E-state index in [9.17, 15) is 13.2 Å². The first-order valence-corrected chi connectivity index (χ1v) is 6.67. The molecule has 0 amide bonds. The number of nitrogens with zero attached hydrogens (tertiary/aromatic N) is 1. The first kappa shape index (κ1) is 14.5. The maximum absolute atomic E-state index is 13.4. The second-order valence-corrected chi connectivity index (χ2v) is 5.48. The van der Waals surface area contributed by atoms with Gasteiger partial charge in [0.05, 0.1) is 13.7 Å². The lowest BCUT2D eigenvalue weighted by molar-refractivity contribution is -0.306. The fraction of sp³-hybridized carbons (Fsp3) is 0.571. The Morgan fingerprint density at radius 2 is 1.95 bits per heavy atom. The van der Waals surface area contributed by atoms with Crippen LogP contribution in [0, 0.1) is 5.92 Å². The summed E-state index contributed by atoms with van der Waals surface area (Å²) >= 11 is 0. The fourth-order valence-corrected chi connectivity index (χ4v) is 3.13. The monoisotopic (exact) mass is 303 g/mol. The van der Waals surface area contributed by atoms with Crippen LogP contribution in [0.3, 0.4) is 0 Å². The lowest BCUT2D eigenvalue weighted by Gasteiger charge is -2.38. The van der Waals surface area contributed by atoms with Gasteiger partial charge in [-0.3, -0.25) is 0 Å². The molecule has 2 aliphatic rings. The molecule has 1 unspecified atom stereocenters. The van der Waals surface area contributed by atoms with E-state index in [0.717, 1.165) is 0 Å². The third-order valence-electron chi connectivity index (χ3n) is 4.28. The first-order valence-electron chi connectivity index (χ1n) is 6.67. The Hall–Kier alpha value is -1.47. The number of fused-ring (bicyclic) bond motifs is 1. The van der Waals surface area contributed by atoms with Gasteiger partial charge in [-0.25, -0.2) is 9.78 Å². The SMILES string of the molecule is COc1ccc(N2C(C(F)(F)F)C[C@H]3COO[C@]32C)cc1. The topological polar surface area (TPSA) is 30.9 Å². The van der Waals surface area contributed by atoms with Crippen molar-refractivity contribution >= 4 is 5.69 Å². The highest BCUT2D eigenvalue weighted by Gasteiger charge is 2.62. The van der Waals surface area contributed by atoms with E-state index in [-0.39, 0.29) is 18.9 Å². The lowest BCUT2D eigenvalue weighted by atomic mass is 9.98. The van der Waals surface area contributed by atoms with E-state index in [0.29, 0.717) is 11.4 Å². The number of alkyl halides is 3. The molecular formula is C14H16F3NO3. The Morgan fingerprint density at radius 1 is 1.29 bits per heavy atom. The van der Waals surface area contributed by atoms with Crippen molar-refractivity contribution in [3.05, 3.63) is 24.3 Å². The number of benzene rings is 1. The van der Waals surface area contributed by atoms with Crippen LogP contribution in [0.2, 0.25) is 0 Å². The summed E-state index contributed by atoms with van der Waals surface area (Å²) in [5.74, 6) is 0.276. The van der Waals surface area contributed by atoms with E-state index in [1.165, 1.54) is 12.0 Å².